The molecule has 0 spiro atoms. The van der Waals surface area contributed by atoms with Gasteiger partial charge in [-0.2, -0.15) is 4.98 Å². The molecule has 0 amide bonds. The van der Waals surface area contributed by atoms with Gasteiger partial charge in [-0.15, -0.1) is 0 Å². The Morgan fingerprint density at radius 2 is 1.52 bits per heavy atom. The molecule has 27 heavy (non-hydrogen) atoms. The molecule has 3 aromatic rings. The molecule has 0 atom stereocenters. The Balaban J connectivity index is 1.92. The summed E-state index contributed by atoms with van der Waals surface area (Å²) in [6.45, 7) is 2.40. The van der Waals surface area contributed by atoms with Crippen molar-refractivity contribution < 1.29 is 17.6 Å². The summed E-state index contributed by atoms with van der Waals surface area (Å²) >= 11 is 0. The van der Waals surface area contributed by atoms with Crippen LogP contribution < -0.4 is 16.2 Å². The van der Waals surface area contributed by atoms with Gasteiger partial charge in [0, 0.05) is 24.2 Å². The summed E-state index contributed by atoms with van der Waals surface area (Å²) in [6.07, 6.45) is 0. The zero-order valence-electron chi connectivity index (χ0n) is 14.2. The van der Waals surface area contributed by atoms with E-state index < -0.39 is 29.0 Å². The van der Waals surface area contributed by atoms with Crippen molar-refractivity contribution in [3.63, 3.8) is 0 Å². The van der Waals surface area contributed by atoms with Crippen molar-refractivity contribution >= 4 is 17.5 Å². The lowest BCUT2D eigenvalue weighted by Crippen LogP contribution is -2.15. The second kappa shape index (κ2) is 7.90. The Kier molecular flexibility index (Phi) is 5.39. The minimum Gasteiger partial charge on any atom is -0.354 e. The molecule has 0 radical (unpaired) electrons. The van der Waals surface area contributed by atoms with E-state index in [-0.39, 0.29) is 17.8 Å². The van der Waals surface area contributed by atoms with Crippen LogP contribution in [0, 0.1) is 23.3 Å². The number of benzene rings is 2. The van der Waals surface area contributed by atoms with Crippen LogP contribution in [0.3, 0.4) is 0 Å². The van der Waals surface area contributed by atoms with Crippen LogP contribution in [0.4, 0.5) is 35.0 Å². The van der Waals surface area contributed by atoms with Gasteiger partial charge in [0.05, 0.1) is 5.69 Å². The quantitative estimate of drug-likeness (QED) is 0.334. The predicted molar refractivity (Wildman–Crippen MR) is 95.2 cm³/mol. The van der Waals surface area contributed by atoms with Crippen LogP contribution in [0.2, 0.25) is 0 Å². The van der Waals surface area contributed by atoms with Crippen LogP contribution in [0.5, 0.6) is 0 Å². The van der Waals surface area contributed by atoms with Crippen molar-refractivity contribution in [3.8, 4) is 11.3 Å². The molecule has 3 N–H and O–H groups in total. The van der Waals surface area contributed by atoms with E-state index >= 15 is 0 Å². The van der Waals surface area contributed by atoms with E-state index in [1.54, 1.807) is 0 Å². The normalized spacial score (nSPS) is 10.6. The second-order valence-corrected chi connectivity index (χ2v) is 5.45. The van der Waals surface area contributed by atoms with Gasteiger partial charge in [0.1, 0.15) is 5.69 Å². The second-order valence-electron chi connectivity index (χ2n) is 5.45. The van der Waals surface area contributed by atoms with Gasteiger partial charge in [-0.3, -0.25) is 10.9 Å². The van der Waals surface area contributed by atoms with Gasteiger partial charge >= 0.3 is 0 Å². The van der Waals surface area contributed by atoms with Gasteiger partial charge in [-0.05, 0) is 6.92 Å². The van der Waals surface area contributed by atoms with Gasteiger partial charge in [-0.25, -0.2) is 22.5 Å². The van der Waals surface area contributed by atoms with E-state index in [4.69, 9.17) is 0 Å². The van der Waals surface area contributed by atoms with Crippen molar-refractivity contribution in [2.45, 2.75) is 6.92 Å². The molecule has 9 heteroatoms. The van der Waals surface area contributed by atoms with Gasteiger partial charge in [0.25, 0.3) is 0 Å². The largest absolute Gasteiger partial charge is 0.354 e. The third-order valence-electron chi connectivity index (χ3n) is 3.56. The Hall–Kier alpha value is -3.36. The topological polar surface area (TPSA) is 61.9 Å². The maximum Gasteiger partial charge on any atom is 0.225 e. The van der Waals surface area contributed by atoms with Crippen LogP contribution in [0.1, 0.15) is 6.92 Å². The fraction of sp³-hybridized carbons (Fsp3) is 0.111. The SMILES string of the molecule is CCNc1nc(NNc2c(F)c(F)cc(F)c2F)cc(-c2ccccc2)n1. The summed E-state index contributed by atoms with van der Waals surface area (Å²) in [7, 11) is 0. The van der Waals surface area contributed by atoms with Crippen molar-refractivity contribution in [2.24, 2.45) is 0 Å². The van der Waals surface area contributed by atoms with E-state index in [1.165, 1.54) is 6.07 Å². The van der Waals surface area contributed by atoms with Crippen LogP contribution in [-0.4, -0.2) is 16.5 Å². The molecule has 0 aliphatic carbocycles. The zero-order valence-corrected chi connectivity index (χ0v) is 14.2. The summed E-state index contributed by atoms with van der Waals surface area (Å²) in [6, 6.07) is 10.8. The van der Waals surface area contributed by atoms with Gasteiger partial charge in [0.15, 0.2) is 29.1 Å². The highest BCUT2D eigenvalue weighted by Gasteiger charge is 2.19. The van der Waals surface area contributed by atoms with Crippen LogP contribution in [-0.2, 0) is 0 Å². The minimum absolute atomic E-state index is 0.136. The maximum atomic E-state index is 13.8. The molecule has 5 nitrogen and oxygen atoms in total. The van der Waals surface area contributed by atoms with Gasteiger partial charge in [-0.1, -0.05) is 30.3 Å². The van der Waals surface area contributed by atoms with Gasteiger partial charge in [0.2, 0.25) is 5.95 Å². The molecule has 0 aliphatic rings. The van der Waals surface area contributed by atoms with E-state index in [2.05, 4.69) is 26.1 Å². The first-order valence-electron chi connectivity index (χ1n) is 8.03. The minimum atomic E-state index is -1.55. The Bertz CT molecular complexity index is 924. The standard InChI is InChI=1S/C18H15F4N5/c1-2-23-18-24-13(10-6-4-3-5-7-10)9-14(25-18)26-27-17-15(21)11(19)8-12(20)16(17)22/h3-9,27H,2H2,1H3,(H2,23,24,25,26). The van der Waals surface area contributed by atoms with Crippen molar-refractivity contribution in [3.05, 3.63) is 65.7 Å². The molecule has 0 bridgehead atoms. The first-order valence-corrected chi connectivity index (χ1v) is 8.03. The predicted octanol–water partition coefficient (Wildman–Crippen LogP) is 4.57. The number of rotatable bonds is 6. The average Bonchev–Trinajstić information content (AvgIpc) is 2.67. The number of hydrogen-bond donors (Lipinski definition) is 3. The Morgan fingerprint density at radius 3 is 2.15 bits per heavy atom. The third-order valence-corrected chi connectivity index (χ3v) is 3.56. The van der Waals surface area contributed by atoms with Crippen molar-refractivity contribution in [1.29, 1.82) is 0 Å². The Labute approximate surface area is 152 Å². The first kappa shape index (κ1) is 18.4. The first-order chi connectivity index (χ1) is 13.0. The smallest absolute Gasteiger partial charge is 0.225 e. The highest BCUT2D eigenvalue weighted by Crippen LogP contribution is 2.25. The van der Waals surface area contributed by atoms with E-state index in [0.717, 1.165) is 5.56 Å². The van der Waals surface area contributed by atoms with Gasteiger partial charge < -0.3 is 5.32 Å². The van der Waals surface area contributed by atoms with Crippen molar-refractivity contribution in [2.75, 3.05) is 22.7 Å². The number of halogens is 4. The number of aromatic nitrogens is 2. The Morgan fingerprint density at radius 1 is 0.852 bits per heavy atom. The molecule has 0 unspecified atom stereocenters. The lowest BCUT2D eigenvalue weighted by molar-refractivity contribution is 0.459. The summed E-state index contributed by atoms with van der Waals surface area (Å²) < 4.78 is 54.1. The number of nitrogens with one attached hydrogen (secondary N) is 3. The number of nitrogens with zero attached hydrogens (tertiary/aromatic N) is 2. The fourth-order valence-electron chi connectivity index (χ4n) is 2.31. The monoisotopic (exact) mass is 377 g/mol. The fourth-order valence-corrected chi connectivity index (χ4v) is 2.31. The summed E-state index contributed by atoms with van der Waals surface area (Å²) in [5.41, 5.74) is 4.92. The van der Waals surface area contributed by atoms with E-state index in [9.17, 15) is 17.6 Å². The number of anilines is 3. The number of hydrogen-bond acceptors (Lipinski definition) is 5. The molecule has 140 valence electrons. The highest BCUT2D eigenvalue weighted by atomic mass is 19.2. The molecule has 1 heterocycles. The van der Waals surface area contributed by atoms with Crippen LogP contribution in [0.15, 0.2) is 42.5 Å². The molecule has 0 saturated heterocycles. The summed E-state index contributed by atoms with van der Waals surface area (Å²) in [5.74, 6) is -5.72. The lowest BCUT2D eigenvalue weighted by Gasteiger charge is -2.14. The summed E-state index contributed by atoms with van der Waals surface area (Å²) in [5, 5.41) is 2.94. The molecule has 3 rings (SSSR count). The maximum absolute atomic E-state index is 13.8. The molecule has 0 saturated carbocycles. The van der Waals surface area contributed by atoms with Crippen LogP contribution >= 0.6 is 0 Å². The average molecular weight is 377 g/mol. The summed E-state index contributed by atoms with van der Waals surface area (Å²) in [4.78, 5) is 8.49. The number of hydrazine groups is 1. The van der Waals surface area contributed by atoms with E-state index in [0.29, 0.717) is 12.2 Å². The molecule has 0 aliphatic heterocycles. The third kappa shape index (κ3) is 4.08. The highest BCUT2D eigenvalue weighted by molar-refractivity contribution is 5.65. The lowest BCUT2D eigenvalue weighted by atomic mass is 10.1. The van der Waals surface area contributed by atoms with Crippen molar-refractivity contribution in [1.82, 2.24) is 9.97 Å². The molecule has 2 aromatic carbocycles. The molecule has 0 fully saturated rings. The molecular formula is C18H15F4N5. The van der Waals surface area contributed by atoms with E-state index in [1.807, 2.05) is 37.3 Å². The van der Waals surface area contributed by atoms with Crippen LogP contribution in [0.25, 0.3) is 11.3 Å². The zero-order chi connectivity index (χ0) is 19.4. The molecule has 1 aromatic heterocycles. The molecular weight excluding hydrogens is 362 g/mol.